The Balaban J connectivity index is 1.62. The third-order valence-corrected chi connectivity index (χ3v) is 4.54. The minimum Gasteiger partial charge on any atom is -0.496 e. The molecular formula is C20H25N3O2. The Bertz CT molecular complexity index is 690. The standard InChI is InChI=1S/C20H25N3O2/c1-25-19-10-6-5-9-17(19)18-15-21-12-14-23(18)13-11-20(24)22-16-7-3-2-4-8-16/h2-10,18,21H,11-15H2,1H3,(H,22,24). The van der Waals surface area contributed by atoms with Gasteiger partial charge in [0.2, 0.25) is 5.91 Å². The normalized spacial score (nSPS) is 17.9. The predicted molar refractivity (Wildman–Crippen MR) is 99.9 cm³/mol. The van der Waals surface area contributed by atoms with Crippen LogP contribution >= 0.6 is 0 Å². The Morgan fingerprint density at radius 3 is 2.76 bits per heavy atom. The van der Waals surface area contributed by atoms with Crippen molar-refractivity contribution in [1.29, 1.82) is 0 Å². The molecule has 0 bridgehead atoms. The number of rotatable bonds is 6. The van der Waals surface area contributed by atoms with E-state index >= 15 is 0 Å². The highest BCUT2D eigenvalue weighted by atomic mass is 16.5. The number of nitrogens with one attached hydrogen (secondary N) is 2. The minimum absolute atomic E-state index is 0.0449. The van der Waals surface area contributed by atoms with Gasteiger partial charge in [0.25, 0.3) is 0 Å². The van der Waals surface area contributed by atoms with Crippen LogP contribution in [0.25, 0.3) is 0 Å². The third-order valence-electron chi connectivity index (χ3n) is 4.54. The first kappa shape index (κ1) is 17.5. The molecule has 5 nitrogen and oxygen atoms in total. The van der Waals surface area contributed by atoms with Gasteiger partial charge in [-0.2, -0.15) is 0 Å². The molecule has 1 unspecified atom stereocenters. The van der Waals surface area contributed by atoms with Crippen LogP contribution in [0.15, 0.2) is 54.6 Å². The second-order valence-corrected chi connectivity index (χ2v) is 6.16. The lowest BCUT2D eigenvalue weighted by atomic mass is 10.0. The van der Waals surface area contributed by atoms with E-state index in [1.165, 1.54) is 5.56 Å². The lowest BCUT2D eigenvalue weighted by molar-refractivity contribution is -0.116. The van der Waals surface area contributed by atoms with E-state index in [4.69, 9.17) is 4.74 Å². The number of piperazine rings is 1. The largest absolute Gasteiger partial charge is 0.496 e. The lowest BCUT2D eigenvalue weighted by Crippen LogP contribution is -2.46. The monoisotopic (exact) mass is 339 g/mol. The molecule has 1 saturated heterocycles. The number of hydrogen-bond donors (Lipinski definition) is 2. The molecular weight excluding hydrogens is 314 g/mol. The maximum Gasteiger partial charge on any atom is 0.225 e. The van der Waals surface area contributed by atoms with E-state index in [2.05, 4.69) is 21.6 Å². The Labute approximate surface area is 149 Å². The van der Waals surface area contributed by atoms with E-state index in [-0.39, 0.29) is 11.9 Å². The van der Waals surface area contributed by atoms with Crippen molar-refractivity contribution >= 4 is 11.6 Å². The SMILES string of the molecule is COc1ccccc1C1CNCCN1CCC(=O)Nc1ccccc1. The van der Waals surface area contributed by atoms with E-state index in [0.717, 1.165) is 37.6 Å². The van der Waals surface area contributed by atoms with Crippen molar-refractivity contribution < 1.29 is 9.53 Å². The number of para-hydroxylation sites is 2. The van der Waals surface area contributed by atoms with Crippen LogP contribution in [-0.2, 0) is 4.79 Å². The van der Waals surface area contributed by atoms with Gasteiger partial charge in [0.15, 0.2) is 0 Å². The molecule has 1 atom stereocenters. The number of anilines is 1. The fourth-order valence-corrected chi connectivity index (χ4v) is 3.25. The minimum atomic E-state index is 0.0449. The second-order valence-electron chi connectivity index (χ2n) is 6.16. The topological polar surface area (TPSA) is 53.6 Å². The molecule has 132 valence electrons. The van der Waals surface area contributed by atoms with Gasteiger partial charge in [-0.05, 0) is 18.2 Å². The van der Waals surface area contributed by atoms with Gasteiger partial charge >= 0.3 is 0 Å². The molecule has 0 spiro atoms. The molecule has 0 aliphatic carbocycles. The summed E-state index contributed by atoms with van der Waals surface area (Å²) in [6.45, 7) is 3.44. The summed E-state index contributed by atoms with van der Waals surface area (Å²) in [6, 6.07) is 17.9. The van der Waals surface area contributed by atoms with E-state index in [1.807, 2.05) is 48.5 Å². The smallest absolute Gasteiger partial charge is 0.225 e. The van der Waals surface area contributed by atoms with Gasteiger partial charge in [-0.1, -0.05) is 36.4 Å². The summed E-state index contributed by atoms with van der Waals surface area (Å²) in [5, 5.41) is 6.40. The molecule has 1 heterocycles. The summed E-state index contributed by atoms with van der Waals surface area (Å²) in [6.07, 6.45) is 0.473. The van der Waals surface area contributed by atoms with Gasteiger partial charge in [0, 0.05) is 43.9 Å². The summed E-state index contributed by atoms with van der Waals surface area (Å²) in [5.74, 6) is 0.943. The van der Waals surface area contributed by atoms with E-state index in [0.29, 0.717) is 6.42 Å². The number of carbonyl (C=O) groups is 1. The summed E-state index contributed by atoms with van der Waals surface area (Å²) in [5.41, 5.74) is 2.01. The predicted octanol–water partition coefficient (Wildman–Crippen LogP) is 2.67. The maximum absolute atomic E-state index is 12.2. The van der Waals surface area contributed by atoms with Gasteiger partial charge in [-0.25, -0.2) is 0 Å². The van der Waals surface area contributed by atoms with Gasteiger partial charge in [0.05, 0.1) is 13.2 Å². The number of ether oxygens (including phenoxy) is 1. The third kappa shape index (κ3) is 4.59. The number of hydrogen-bond acceptors (Lipinski definition) is 4. The first-order valence-corrected chi connectivity index (χ1v) is 8.70. The van der Waals surface area contributed by atoms with E-state index in [9.17, 15) is 4.79 Å². The number of methoxy groups -OCH3 is 1. The molecule has 0 radical (unpaired) electrons. The average molecular weight is 339 g/mol. The Kier molecular flexibility index (Phi) is 6.04. The quantitative estimate of drug-likeness (QED) is 0.850. The summed E-state index contributed by atoms with van der Waals surface area (Å²) in [7, 11) is 1.70. The van der Waals surface area contributed by atoms with Crippen LogP contribution in [0.1, 0.15) is 18.0 Å². The van der Waals surface area contributed by atoms with Crippen LogP contribution in [0.4, 0.5) is 5.69 Å². The van der Waals surface area contributed by atoms with Crippen molar-refractivity contribution in [2.24, 2.45) is 0 Å². The highest BCUT2D eigenvalue weighted by Gasteiger charge is 2.26. The van der Waals surface area contributed by atoms with Crippen LogP contribution in [0.3, 0.4) is 0 Å². The second kappa shape index (κ2) is 8.65. The fourth-order valence-electron chi connectivity index (χ4n) is 3.25. The molecule has 1 fully saturated rings. The van der Waals surface area contributed by atoms with Crippen molar-refractivity contribution in [3.63, 3.8) is 0 Å². The number of carbonyl (C=O) groups excluding carboxylic acids is 1. The van der Waals surface area contributed by atoms with E-state index < -0.39 is 0 Å². The highest BCUT2D eigenvalue weighted by Crippen LogP contribution is 2.30. The van der Waals surface area contributed by atoms with Crippen LogP contribution in [0.2, 0.25) is 0 Å². The van der Waals surface area contributed by atoms with Gasteiger partial charge in [-0.3, -0.25) is 9.69 Å². The van der Waals surface area contributed by atoms with E-state index in [1.54, 1.807) is 7.11 Å². The Morgan fingerprint density at radius 1 is 1.20 bits per heavy atom. The Morgan fingerprint density at radius 2 is 1.96 bits per heavy atom. The van der Waals surface area contributed by atoms with Gasteiger partial charge < -0.3 is 15.4 Å². The van der Waals surface area contributed by atoms with Gasteiger partial charge in [-0.15, -0.1) is 0 Å². The molecule has 1 amide bonds. The molecule has 2 aromatic carbocycles. The van der Waals surface area contributed by atoms with Crippen molar-refractivity contribution in [2.45, 2.75) is 12.5 Å². The van der Waals surface area contributed by atoms with Crippen molar-refractivity contribution in [1.82, 2.24) is 10.2 Å². The molecule has 3 rings (SSSR count). The maximum atomic E-state index is 12.2. The fraction of sp³-hybridized carbons (Fsp3) is 0.350. The Hall–Kier alpha value is -2.37. The number of amides is 1. The average Bonchev–Trinajstić information content (AvgIpc) is 2.67. The molecule has 1 aliphatic heterocycles. The molecule has 2 aromatic rings. The van der Waals surface area contributed by atoms with Crippen molar-refractivity contribution in [3.8, 4) is 5.75 Å². The number of benzene rings is 2. The van der Waals surface area contributed by atoms with Crippen LogP contribution in [0, 0.1) is 0 Å². The van der Waals surface area contributed by atoms with Crippen LogP contribution in [0.5, 0.6) is 5.75 Å². The molecule has 25 heavy (non-hydrogen) atoms. The van der Waals surface area contributed by atoms with Crippen molar-refractivity contribution in [3.05, 3.63) is 60.2 Å². The molecule has 0 saturated carbocycles. The summed E-state index contributed by atoms with van der Waals surface area (Å²) < 4.78 is 5.52. The van der Waals surface area contributed by atoms with Crippen molar-refractivity contribution in [2.75, 3.05) is 38.6 Å². The van der Waals surface area contributed by atoms with Crippen LogP contribution < -0.4 is 15.4 Å². The first-order chi connectivity index (χ1) is 12.3. The zero-order valence-corrected chi connectivity index (χ0v) is 14.6. The molecule has 2 N–H and O–H groups in total. The highest BCUT2D eigenvalue weighted by molar-refractivity contribution is 5.90. The van der Waals surface area contributed by atoms with Gasteiger partial charge in [0.1, 0.15) is 5.75 Å². The zero-order chi connectivity index (χ0) is 17.5. The molecule has 1 aliphatic rings. The number of nitrogens with zero attached hydrogens (tertiary/aromatic N) is 1. The summed E-state index contributed by atoms with van der Waals surface area (Å²) in [4.78, 5) is 14.6. The zero-order valence-electron chi connectivity index (χ0n) is 14.6. The summed E-state index contributed by atoms with van der Waals surface area (Å²) >= 11 is 0. The lowest BCUT2D eigenvalue weighted by Gasteiger charge is -2.37. The first-order valence-electron chi connectivity index (χ1n) is 8.70. The van der Waals surface area contributed by atoms with Crippen LogP contribution in [-0.4, -0.2) is 44.1 Å². The molecule has 5 heteroatoms. The molecule has 0 aromatic heterocycles.